The molecule has 168 valence electrons. The molecule has 4 aliphatic rings. The van der Waals surface area contributed by atoms with Crippen LogP contribution in [0.4, 0.5) is 5.69 Å². The van der Waals surface area contributed by atoms with Crippen LogP contribution in [0.15, 0.2) is 18.2 Å². The Balaban J connectivity index is 1.26. The summed E-state index contributed by atoms with van der Waals surface area (Å²) in [6.07, 6.45) is 7.28. The van der Waals surface area contributed by atoms with Gasteiger partial charge in [0.15, 0.2) is 0 Å². The number of nitrogens with one attached hydrogen (secondary N) is 2. The van der Waals surface area contributed by atoms with Gasteiger partial charge in [-0.3, -0.25) is 9.59 Å². The van der Waals surface area contributed by atoms with Gasteiger partial charge in [0.05, 0.1) is 19.1 Å². The van der Waals surface area contributed by atoms with E-state index in [9.17, 15) is 14.7 Å². The zero-order valence-corrected chi connectivity index (χ0v) is 17.8. The quantitative estimate of drug-likeness (QED) is 0.621. The number of anilines is 1. The maximum absolute atomic E-state index is 12.5. The third-order valence-corrected chi connectivity index (χ3v) is 7.09. The Kier molecular flexibility index (Phi) is 5.89. The molecule has 0 radical (unpaired) electrons. The molecule has 0 bridgehead atoms. The lowest BCUT2D eigenvalue weighted by atomic mass is 9.84. The summed E-state index contributed by atoms with van der Waals surface area (Å²) in [6.45, 7) is -0.152. The number of amides is 2. The van der Waals surface area contributed by atoms with Gasteiger partial charge in [-0.2, -0.15) is 0 Å². The zero-order valence-electron chi connectivity index (χ0n) is 17.8. The third kappa shape index (κ3) is 4.72. The minimum Gasteiger partial charge on any atom is -0.487 e. The summed E-state index contributed by atoms with van der Waals surface area (Å²) in [7, 11) is 0. The van der Waals surface area contributed by atoms with Crippen molar-refractivity contribution in [1.82, 2.24) is 5.32 Å². The number of ether oxygens (including phenoxy) is 2. The van der Waals surface area contributed by atoms with E-state index in [0.717, 1.165) is 42.7 Å². The van der Waals surface area contributed by atoms with E-state index in [1.165, 1.54) is 12.8 Å². The first kappa shape index (κ1) is 20.8. The molecular weight excluding hydrogens is 396 g/mol. The molecule has 1 aromatic rings. The van der Waals surface area contributed by atoms with Crippen LogP contribution in [0.3, 0.4) is 0 Å². The Morgan fingerprint density at radius 3 is 2.61 bits per heavy atom. The zero-order chi connectivity index (χ0) is 21.4. The van der Waals surface area contributed by atoms with Crippen LogP contribution in [0.25, 0.3) is 0 Å². The number of aliphatic hydroxyl groups is 1. The van der Waals surface area contributed by atoms with E-state index >= 15 is 0 Å². The van der Waals surface area contributed by atoms with E-state index in [1.54, 1.807) is 0 Å². The highest BCUT2D eigenvalue weighted by atomic mass is 16.6. The maximum atomic E-state index is 12.5. The molecule has 2 amide bonds. The van der Waals surface area contributed by atoms with Crippen molar-refractivity contribution in [3.8, 4) is 5.75 Å². The molecule has 0 spiro atoms. The van der Waals surface area contributed by atoms with Crippen LogP contribution in [0, 0.1) is 5.92 Å². The molecule has 2 aliphatic carbocycles. The monoisotopic (exact) mass is 428 g/mol. The number of rotatable bonds is 7. The number of carbonyl (C=O) groups excluding carboxylic acids is 2. The second-order valence-corrected chi connectivity index (χ2v) is 9.61. The second kappa shape index (κ2) is 8.79. The predicted molar refractivity (Wildman–Crippen MR) is 115 cm³/mol. The Morgan fingerprint density at radius 2 is 1.87 bits per heavy atom. The normalized spacial score (nSPS) is 29.7. The summed E-state index contributed by atoms with van der Waals surface area (Å²) >= 11 is 0. The SMILES string of the molecule is O=C(CC1CC1)Nc1ccc2c(c1)[C@H]1C[C@H](CC(=O)NC3CCCC3)O[C@@H](CO)[C@H]1O2. The highest BCUT2D eigenvalue weighted by molar-refractivity contribution is 5.91. The number of aliphatic hydroxyl groups excluding tert-OH is 1. The second-order valence-electron chi connectivity index (χ2n) is 9.61. The fraction of sp³-hybridized carbons (Fsp3) is 0.667. The highest BCUT2D eigenvalue weighted by Crippen LogP contribution is 2.47. The largest absolute Gasteiger partial charge is 0.487 e. The van der Waals surface area contributed by atoms with Gasteiger partial charge in [0.2, 0.25) is 11.8 Å². The molecular formula is C24H32N2O5. The van der Waals surface area contributed by atoms with E-state index in [2.05, 4.69) is 10.6 Å². The summed E-state index contributed by atoms with van der Waals surface area (Å²) in [4.78, 5) is 24.8. The summed E-state index contributed by atoms with van der Waals surface area (Å²) in [5.41, 5.74) is 1.80. The van der Waals surface area contributed by atoms with Gasteiger partial charge in [-0.15, -0.1) is 0 Å². The van der Waals surface area contributed by atoms with Crippen molar-refractivity contribution in [2.24, 2.45) is 5.92 Å². The van der Waals surface area contributed by atoms with Crippen molar-refractivity contribution in [2.45, 2.75) is 88.1 Å². The van der Waals surface area contributed by atoms with Crippen molar-refractivity contribution in [2.75, 3.05) is 11.9 Å². The van der Waals surface area contributed by atoms with Gasteiger partial charge >= 0.3 is 0 Å². The van der Waals surface area contributed by atoms with Crippen molar-refractivity contribution in [3.63, 3.8) is 0 Å². The molecule has 31 heavy (non-hydrogen) atoms. The van der Waals surface area contributed by atoms with Crippen LogP contribution < -0.4 is 15.4 Å². The molecule has 7 heteroatoms. The molecule has 0 unspecified atom stereocenters. The van der Waals surface area contributed by atoms with Gasteiger partial charge in [-0.25, -0.2) is 0 Å². The fourth-order valence-electron chi connectivity index (χ4n) is 5.33. The van der Waals surface area contributed by atoms with Gasteiger partial charge in [0.1, 0.15) is 18.0 Å². The summed E-state index contributed by atoms with van der Waals surface area (Å²) < 4.78 is 12.2. The average Bonchev–Trinajstić information content (AvgIpc) is 3.26. The standard InChI is InChI=1S/C24H32N2O5/c27-13-21-24-19(11-17(30-21)12-23(29)25-15-3-1-2-4-15)18-10-16(7-8-20(18)31-24)26-22(28)9-14-5-6-14/h7-8,10,14-15,17,19,21,24,27H,1-6,9,11-13H2,(H,25,29)(H,26,28)/t17-,19-,21+,24+/m1/s1. The molecule has 3 fully saturated rings. The van der Waals surface area contributed by atoms with Crippen LogP contribution >= 0.6 is 0 Å². The van der Waals surface area contributed by atoms with Gasteiger partial charge < -0.3 is 25.2 Å². The number of carbonyl (C=O) groups is 2. The summed E-state index contributed by atoms with van der Waals surface area (Å²) in [6, 6.07) is 6.02. The summed E-state index contributed by atoms with van der Waals surface area (Å²) in [5.74, 6) is 1.42. The van der Waals surface area contributed by atoms with E-state index in [-0.39, 0.29) is 42.6 Å². The fourth-order valence-corrected chi connectivity index (χ4v) is 5.33. The smallest absolute Gasteiger partial charge is 0.224 e. The molecule has 2 saturated carbocycles. The van der Waals surface area contributed by atoms with E-state index in [1.807, 2.05) is 18.2 Å². The minimum absolute atomic E-state index is 0.0206. The first-order valence-electron chi connectivity index (χ1n) is 11.7. The molecule has 3 N–H and O–H groups in total. The third-order valence-electron chi connectivity index (χ3n) is 7.09. The lowest BCUT2D eigenvalue weighted by Gasteiger charge is -2.37. The van der Waals surface area contributed by atoms with Crippen LogP contribution in [-0.2, 0) is 14.3 Å². The van der Waals surface area contributed by atoms with Gasteiger partial charge in [0, 0.05) is 29.6 Å². The van der Waals surface area contributed by atoms with Crippen molar-refractivity contribution in [1.29, 1.82) is 0 Å². The van der Waals surface area contributed by atoms with Gasteiger partial charge in [0.25, 0.3) is 0 Å². The van der Waals surface area contributed by atoms with E-state index in [0.29, 0.717) is 25.2 Å². The Labute approximate surface area is 182 Å². The molecule has 4 atom stereocenters. The first-order valence-corrected chi connectivity index (χ1v) is 11.7. The van der Waals surface area contributed by atoms with Crippen LogP contribution in [0.5, 0.6) is 5.75 Å². The van der Waals surface area contributed by atoms with Crippen molar-refractivity contribution < 1.29 is 24.2 Å². The number of benzene rings is 1. The topological polar surface area (TPSA) is 96.9 Å². The average molecular weight is 429 g/mol. The van der Waals surface area contributed by atoms with E-state index < -0.39 is 6.10 Å². The maximum Gasteiger partial charge on any atom is 0.224 e. The molecule has 7 nitrogen and oxygen atoms in total. The van der Waals surface area contributed by atoms with Crippen molar-refractivity contribution >= 4 is 17.5 Å². The molecule has 1 aromatic carbocycles. The molecule has 2 aliphatic heterocycles. The van der Waals surface area contributed by atoms with Gasteiger partial charge in [-0.05, 0) is 56.2 Å². The predicted octanol–water partition coefficient (Wildman–Crippen LogP) is 2.87. The Bertz CT molecular complexity index is 833. The van der Waals surface area contributed by atoms with Crippen LogP contribution in [0.1, 0.15) is 69.3 Å². The highest BCUT2D eigenvalue weighted by Gasteiger charge is 2.46. The number of hydrogen-bond acceptors (Lipinski definition) is 5. The molecule has 5 rings (SSSR count). The lowest BCUT2D eigenvalue weighted by molar-refractivity contribution is -0.142. The molecule has 2 heterocycles. The van der Waals surface area contributed by atoms with Crippen molar-refractivity contribution in [3.05, 3.63) is 23.8 Å². The Morgan fingerprint density at radius 1 is 1.06 bits per heavy atom. The molecule has 1 saturated heterocycles. The molecule has 0 aromatic heterocycles. The van der Waals surface area contributed by atoms with E-state index in [4.69, 9.17) is 9.47 Å². The van der Waals surface area contributed by atoms with Crippen LogP contribution in [-0.4, -0.2) is 47.9 Å². The summed E-state index contributed by atoms with van der Waals surface area (Å²) in [5, 5.41) is 16.0. The number of hydrogen-bond donors (Lipinski definition) is 3. The minimum atomic E-state index is -0.469. The van der Waals surface area contributed by atoms with Gasteiger partial charge in [-0.1, -0.05) is 12.8 Å². The first-order chi connectivity index (χ1) is 15.1. The lowest BCUT2D eigenvalue weighted by Crippen LogP contribution is -2.47. The Hall–Kier alpha value is -2.12. The number of fused-ring (bicyclic) bond motifs is 3. The van der Waals surface area contributed by atoms with Crippen LogP contribution in [0.2, 0.25) is 0 Å².